The summed E-state index contributed by atoms with van der Waals surface area (Å²) in [6, 6.07) is 0. The van der Waals surface area contributed by atoms with Crippen LogP contribution in [-0.2, 0) is 4.74 Å². The summed E-state index contributed by atoms with van der Waals surface area (Å²) in [6.45, 7) is 10.1. The van der Waals surface area contributed by atoms with Crippen LogP contribution in [0.4, 0.5) is 0 Å². The predicted octanol–water partition coefficient (Wildman–Crippen LogP) is 5.99. The molecule has 3 saturated carbocycles. The molecule has 2 bridgehead atoms. The predicted molar refractivity (Wildman–Crippen MR) is 109 cm³/mol. The third-order valence-corrected chi connectivity index (χ3v) is 8.92. The highest BCUT2D eigenvalue weighted by molar-refractivity contribution is 5.22. The summed E-state index contributed by atoms with van der Waals surface area (Å²) >= 11 is 0. The standard InChI is InChI=1S/C22H36O2.C2H6/c1-21-11-9-19(23)13-16(21)5-4-15-12-17(21)8-10-22(2)18(14-24-3)6-7-20(15)22;1-2/h5,15,17-20,23H,4,6-14H2,1-3H3;1-2H3. The van der Waals surface area contributed by atoms with Crippen LogP contribution in [0.25, 0.3) is 0 Å². The van der Waals surface area contributed by atoms with Crippen molar-refractivity contribution in [2.24, 2.45) is 34.5 Å². The Morgan fingerprint density at radius 1 is 1.12 bits per heavy atom. The van der Waals surface area contributed by atoms with E-state index in [9.17, 15) is 5.11 Å². The summed E-state index contributed by atoms with van der Waals surface area (Å²) in [7, 11) is 1.88. The molecule has 4 aliphatic rings. The molecule has 0 aromatic rings. The van der Waals surface area contributed by atoms with Crippen molar-refractivity contribution in [1.82, 2.24) is 0 Å². The molecule has 0 aliphatic heterocycles. The first-order valence-electron chi connectivity index (χ1n) is 11.3. The molecule has 0 amide bonds. The second-order valence-electron chi connectivity index (χ2n) is 9.85. The van der Waals surface area contributed by atoms with E-state index in [1.165, 1.54) is 44.9 Å². The molecular formula is C24H42O2. The molecule has 3 fully saturated rings. The minimum Gasteiger partial charge on any atom is -0.393 e. The van der Waals surface area contributed by atoms with Crippen molar-refractivity contribution in [1.29, 1.82) is 0 Å². The van der Waals surface area contributed by atoms with Gasteiger partial charge in [0, 0.05) is 13.7 Å². The minimum absolute atomic E-state index is 0.0905. The molecule has 0 aromatic carbocycles. The molecule has 7 atom stereocenters. The average Bonchev–Trinajstić information content (AvgIpc) is 2.79. The SMILES string of the molecule is CC.COCC1CCC2C3CC=C4CC(O)CCC4(C)C(CCC12C)C3. The number of aliphatic hydroxyl groups excluding tert-OH is 1. The van der Waals surface area contributed by atoms with Crippen molar-refractivity contribution < 1.29 is 9.84 Å². The smallest absolute Gasteiger partial charge is 0.0577 e. The van der Waals surface area contributed by atoms with Gasteiger partial charge >= 0.3 is 0 Å². The van der Waals surface area contributed by atoms with E-state index in [1.54, 1.807) is 5.57 Å². The zero-order valence-electron chi connectivity index (χ0n) is 17.9. The second-order valence-corrected chi connectivity index (χ2v) is 9.85. The molecule has 0 aromatic heterocycles. The molecule has 0 heterocycles. The van der Waals surface area contributed by atoms with Crippen molar-refractivity contribution in [3.63, 3.8) is 0 Å². The third kappa shape index (κ3) is 3.30. The zero-order chi connectivity index (χ0) is 18.9. The van der Waals surface area contributed by atoms with Crippen LogP contribution < -0.4 is 0 Å². The number of methoxy groups -OCH3 is 1. The first-order chi connectivity index (χ1) is 12.5. The fraction of sp³-hybridized carbons (Fsp3) is 0.917. The van der Waals surface area contributed by atoms with Gasteiger partial charge in [0.25, 0.3) is 0 Å². The summed E-state index contributed by atoms with van der Waals surface area (Å²) < 4.78 is 5.59. The lowest BCUT2D eigenvalue weighted by Gasteiger charge is -2.44. The van der Waals surface area contributed by atoms with E-state index in [2.05, 4.69) is 19.9 Å². The van der Waals surface area contributed by atoms with Crippen LogP contribution in [0, 0.1) is 34.5 Å². The van der Waals surface area contributed by atoms with Crippen LogP contribution in [0.5, 0.6) is 0 Å². The van der Waals surface area contributed by atoms with E-state index < -0.39 is 0 Å². The van der Waals surface area contributed by atoms with Crippen LogP contribution in [0.1, 0.15) is 85.5 Å². The van der Waals surface area contributed by atoms with Gasteiger partial charge in [-0.05, 0) is 92.3 Å². The molecular weight excluding hydrogens is 320 g/mol. The van der Waals surface area contributed by atoms with E-state index >= 15 is 0 Å². The van der Waals surface area contributed by atoms with Gasteiger partial charge in [-0.2, -0.15) is 0 Å². The molecule has 2 heteroatoms. The lowest BCUT2D eigenvalue weighted by atomic mass is 9.61. The van der Waals surface area contributed by atoms with Gasteiger partial charge in [0.2, 0.25) is 0 Å². The number of allylic oxidation sites excluding steroid dienone is 1. The van der Waals surface area contributed by atoms with Gasteiger partial charge < -0.3 is 9.84 Å². The highest BCUT2D eigenvalue weighted by atomic mass is 16.5. The quantitative estimate of drug-likeness (QED) is 0.611. The number of fused-ring (bicyclic) bond motifs is 6. The Morgan fingerprint density at radius 3 is 2.62 bits per heavy atom. The number of hydrogen-bond donors (Lipinski definition) is 1. The maximum atomic E-state index is 10.2. The first kappa shape index (κ1) is 20.4. The largest absolute Gasteiger partial charge is 0.393 e. The van der Waals surface area contributed by atoms with Gasteiger partial charge in [0.15, 0.2) is 0 Å². The fourth-order valence-electron chi connectivity index (χ4n) is 7.25. The van der Waals surface area contributed by atoms with E-state index in [4.69, 9.17) is 4.74 Å². The summed E-state index contributed by atoms with van der Waals surface area (Å²) in [5.41, 5.74) is 2.45. The normalized spacial score (nSPS) is 47.5. The van der Waals surface area contributed by atoms with E-state index in [0.717, 1.165) is 43.1 Å². The Bertz CT molecular complexity index is 512. The monoisotopic (exact) mass is 362 g/mol. The molecule has 26 heavy (non-hydrogen) atoms. The number of rotatable bonds is 2. The van der Waals surface area contributed by atoms with Gasteiger partial charge in [-0.3, -0.25) is 0 Å². The summed E-state index contributed by atoms with van der Waals surface area (Å²) in [4.78, 5) is 0. The van der Waals surface area contributed by atoms with Crippen LogP contribution in [0.3, 0.4) is 0 Å². The van der Waals surface area contributed by atoms with Crippen molar-refractivity contribution in [2.45, 2.75) is 91.6 Å². The maximum absolute atomic E-state index is 10.2. The lowest BCUT2D eigenvalue weighted by molar-refractivity contribution is 0.0478. The van der Waals surface area contributed by atoms with Gasteiger partial charge in [-0.15, -0.1) is 0 Å². The molecule has 2 nitrogen and oxygen atoms in total. The van der Waals surface area contributed by atoms with Crippen molar-refractivity contribution in [3.8, 4) is 0 Å². The molecule has 0 spiro atoms. The maximum Gasteiger partial charge on any atom is 0.0577 e. The Kier molecular flexibility index (Phi) is 6.24. The Balaban J connectivity index is 0.000000948. The van der Waals surface area contributed by atoms with Gasteiger partial charge in [-0.1, -0.05) is 39.3 Å². The van der Waals surface area contributed by atoms with Gasteiger partial charge in [0.1, 0.15) is 0 Å². The molecule has 4 rings (SSSR count). The van der Waals surface area contributed by atoms with Crippen LogP contribution in [-0.4, -0.2) is 24.9 Å². The Hall–Kier alpha value is -0.340. The van der Waals surface area contributed by atoms with Gasteiger partial charge in [0.05, 0.1) is 6.10 Å². The topological polar surface area (TPSA) is 29.5 Å². The first-order valence-corrected chi connectivity index (χ1v) is 11.3. The molecule has 7 unspecified atom stereocenters. The third-order valence-electron chi connectivity index (χ3n) is 8.92. The van der Waals surface area contributed by atoms with Crippen LogP contribution >= 0.6 is 0 Å². The molecule has 4 aliphatic carbocycles. The highest BCUT2D eigenvalue weighted by Gasteiger charge is 2.54. The lowest BCUT2D eigenvalue weighted by Crippen LogP contribution is -2.36. The summed E-state index contributed by atoms with van der Waals surface area (Å²) in [6.07, 6.45) is 13.8. The van der Waals surface area contributed by atoms with E-state index in [-0.39, 0.29) is 6.10 Å². The summed E-state index contributed by atoms with van der Waals surface area (Å²) in [5.74, 6) is 3.33. The van der Waals surface area contributed by atoms with Crippen LogP contribution in [0.15, 0.2) is 11.6 Å². The average molecular weight is 363 g/mol. The van der Waals surface area contributed by atoms with Crippen molar-refractivity contribution >= 4 is 0 Å². The summed E-state index contributed by atoms with van der Waals surface area (Å²) in [5, 5.41) is 10.2. The minimum atomic E-state index is -0.0905. The van der Waals surface area contributed by atoms with Crippen molar-refractivity contribution in [3.05, 3.63) is 11.6 Å². The highest BCUT2D eigenvalue weighted by Crippen LogP contribution is 2.62. The zero-order valence-corrected chi connectivity index (χ0v) is 17.9. The van der Waals surface area contributed by atoms with Crippen molar-refractivity contribution in [2.75, 3.05) is 13.7 Å². The molecule has 0 radical (unpaired) electrons. The van der Waals surface area contributed by atoms with E-state index in [0.29, 0.717) is 10.8 Å². The molecule has 150 valence electrons. The fourth-order valence-corrected chi connectivity index (χ4v) is 7.25. The van der Waals surface area contributed by atoms with Gasteiger partial charge in [-0.25, -0.2) is 0 Å². The van der Waals surface area contributed by atoms with Crippen LogP contribution in [0.2, 0.25) is 0 Å². The van der Waals surface area contributed by atoms with E-state index in [1.807, 2.05) is 21.0 Å². The number of ether oxygens (including phenoxy) is 1. The Labute approximate surface area is 161 Å². The number of aliphatic hydroxyl groups is 1. The molecule has 0 saturated heterocycles. The molecule has 1 N–H and O–H groups in total. The second kappa shape index (κ2) is 7.95. The Morgan fingerprint density at radius 2 is 1.88 bits per heavy atom. The number of hydrogen-bond acceptors (Lipinski definition) is 2.